The number of ether oxygens (including phenoxy) is 1. The highest BCUT2D eigenvalue weighted by Gasteiger charge is 2.15. The minimum absolute atomic E-state index is 0.434. The number of hydrogen-bond donors (Lipinski definition) is 2. The second-order valence-corrected chi connectivity index (χ2v) is 5.54. The lowest BCUT2D eigenvalue weighted by atomic mass is 10.2. The maximum absolute atomic E-state index is 5.20. The van der Waals surface area contributed by atoms with E-state index in [4.69, 9.17) is 9.72 Å². The molecule has 0 saturated carbocycles. The van der Waals surface area contributed by atoms with Gasteiger partial charge in [-0.3, -0.25) is 4.40 Å². The molecule has 4 rings (SSSR count). The van der Waals surface area contributed by atoms with Gasteiger partial charge in [0.05, 0.1) is 37.1 Å². The molecule has 0 spiro atoms. The molecular formula is C18H24N6O. The van der Waals surface area contributed by atoms with Gasteiger partial charge in [0.15, 0.2) is 5.65 Å². The minimum Gasteiger partial charge on any atom is -0.480 e. The molecule has 25 heavy (non-hydrogen) atoms. The molecule has 0 aromatic carbocycles. The van der Waals surface area contributed by atoms with E-state index in [2.05, 4.69) is 20.6 Å². The lowest BCUT2D eigenvalue weighted by Crippen LogP contribution is -2.22. The molecule has 0 bridgehead atoms. The largest absolute Gasteiger partial charge is 0.480 e. The number of nitrogens with zero attached hydrogens (tertiary/aromatic N) is 4. The SMILES string of the molecule is CC.COc1cn2c(-c3cccc(NC4CCNC4)n3)cnc2cn1. The fraction of sp³-hybridized carbons (Fsp3) is 0.389. The highest BCUT2D eigenvalue weighted by atomic mass is 16.5. The molecule has 132 valence electrons. The lowest BCUT2D eigenvalue weighted by molar-refractivity contribution is 0.395. The first-order chi connectivity index (χ1) is 12.3. The van der Waals surface area contributed by atoms with Gasteiger partial charge < -0.3 is 15.4 Å². The van der Waals surface area contributed by atoms with Crippen LogP contribution in [0.5, 0.6) is 5.88 Å². The van der Waals surface area contributed by atoms with E-state index >= 15 is 0 Å². The first-order valence-corrected chi connectivity index (χ1v) is 8.65. The first-order valence-electron chi connectivity index (χ1n) is 8.65. The van der Waals surface area contributed by atoms with Gasteiger partial charge in [0.1, 0.15) is 5.82 Å². The second-order valence-electron chi connectivity index (χ2n) is 5.54. The van der Waals surface area contributed by atoms with Crippen molar-refractivity contribution in [3.05, 3.63) is 36.8 Å². The van der Waals surface area contributed by atoms with Crippen LogP contribution in [0.2, 0.25) is 0 Å². The van der Waals surface area contributed by atoms with Crippen molar-refractivity contribution in [3.8, 4) is 17.3 Å². The van der Waals surface area contributed by atoms with E-state index in [0.29, 0.717) is 11.9 Å². The van der Waals surface area contributed by atoms with Gasteiger partial charge in [-0.1, -0.05) is 19.9 Å². The molecule has 0 aliphatic carbocycles. The van der Waals surface area contributed by atoms with Crippen LogP contribution in [-0.2, 0) is 0 Å². The average Bonchev–Trinajstić information content (AvgIpc) is 3.32. The average molecular weight is 340 g/mol. The molecule has 3 aromatic heterocycles. The maximum Gasteiger partial charge on any atom is 0.230 e. The van der Waals surface area contributed by atoms with Gasteiger partial charge in [-0.05, 0) is 25.1 Å². The number of hydrogen-bond acceptors (Lipinski definition) is 6. The summed E-state index contributed by atoms with van der Waals surface area (Å²) >= 11 is 0. The smallest absolute Gasteiger partial charge is 0.230 e. The Hall–Kier alpha value is -2.67. The van der Waals surface area contributed by atoms with Gasteiger partial charge in [-0.15, -0.1) is 0 Å². The molecule has 7 heteroatoms. The van der Waals surface area contributed by atoms with Crippen LogP contribution in [-0.4, -0.2) is 45.6 Å². The van der Waals surface area contributed by atoms with Crippen molar-refractivity contribution in [1.29, 1.82) is 0 Å². The monoisotopic (exact) mass is 340 g/mol. The van der Waals surface area contributed by atoms with Crippen LogP contribution in [0.3, 0.4) is 0 Å². The summed E-state index contributed by atoms with van der Waals surface area (Å²) in [5.74, 6) is 1.43. The van der Waals surface area contributed by atoms with Crippen LogP contribution in [0.1, 0.15) is 20.3 Å². The van der Waals surface area contributed by atoms with Crippen molar-refractivity contribution in [2.75, 3.05) is 25.5 Å². The van der Waals surface area contributed by atoms with Crippen molar-refractivity contribution < 1.29 is 4.74 Å². The quantitative estimate of drug-likeness (QED) is 0.760. The number of rotatable bonds is 4. The fourth-order valence-corrected chi connectivity index (χ4v) is 2.81. The van der Waals surface area contributed by atoms with E-state index in [1.807, 2.05) is 42.6 Å². The zero-order valence-electron chi connectivity index (χ0n) is 14.9. The zero-order chi connectivity index (χ0) is 17.6. The van der Waals surface area contributed by atoms with E-state index in [9.17, 15) is 0 Å². The number of fused-ring (bicyclic) bond motifs is 1. The lowest BCUT2D eigenvalue weighted by Gasteiger charge is -2.12. The third-order valence-corrected chi connectivity index (χ3v) is 4.01. The summed E-state index contributed by atoms with van der Waals surface area (Å²) in [5, 5.41) is 6.82. The summed E-state index contributed by atoms with van der Waals surface area (Å²) in [6.07, 6.45) is 6.43. The molecule has 7 nitrogen and oxygen atoms in total. The summed E-state index contributed by atoms with van der Waals surface area (Å²) in [4.78, 5) is 13.3. The summed E-state index contributed by atoms with van der Waals surface area (Å²) < 4.78 is 7.14. The number of aromatic nitrogens is 4. The predicted octanol–water partition coefficient (Wildman–Crippen LogP) is 2.60. The van der Waals surface area contributed by atoms with Gasteiger partial charge >= 0.3 is 0 Å². The van der Waals surface area contributed by atoms with Crippen molar-refractivity contribution in [2.45, 2.75) is 26.3 Å². The van der Waals surface area contributed by atoms with Crippen LogP contribution < -0.4 is 15.4 Å². The predicted molar refractivity (Wildman–Crippen MR) is 99.0 cm³/mol. The summed E-state index contributed by atoms with van der Waals surface area (Å²) in [7, 11) is 1.60. The van der Waals surface area contributed by atoms with Crippen LogP contribution in [0.25, 0.3) is 17.0 Å². The summed E-state index contributed by atoms with van der Waals surface area (Å²) in [6.45, 7) is 6.03. The minimum atomic E-state index is 0.434. The van der Waals surface area contributed by atoms with Crippen molar-refractivity contribution in [2.24, 2.45) is 0 Å². The third-order valence-electron chi connectivity index (χ3n) is 4.01. The number of anilines is 1. The number of methoxy groups -OCH3 is 1. The van der Waals surface area contributed by atoms with E-state index in [0.717, 1.165) is 42.4 Å². The van der Waals surface area contributed by atoms with E-state index in [-0.39, 0.29) is 0 Å². The molecule has 1 aliphatic heterocycles. The Bertz CT molecular complexity index is 825. The van der Waals surface area contributed by atoms with Gasteiger partial charge in [0.2, 0.25) is 5.88 Å². The molecule has 3 aromatic rings. The first kappa shape index (κ1) is 17.2. The standard InChI is InChI=1S/C16H18N6O.C2H6/c1-23-16-10-22-13(8-18-15(22)9-19-16)12-3-2-4-14(21-12)20-11-5-6-17-7-11;1-2/h2-4,8-11,17H,5-7H2,1H3,(H,20,21);1-2H3. The van der Waals surface area contributed by atoms with E-state index < -0.39 is 0 Å². The van der Waals surface area contributed by atoms with Crippen LogP contribution >= 0.6 is 0 Å². The molecule has 0 amide bonds. The zero-order valence-corrected chi connectivity index (χ0v) is 14.9. The second kappa shape index (κ2) is 7.94. The van der Waals surface area contributed by atoms with Gasteiger partial charge in [0.25, 0.3) is 0 Å². The van der Waals surface area contributed by atoms with Crippen LogP contribution in [0.4, 0.5) is 5.82 Å². The molecule has 1 unspecified atom stereocenters. The molecule has 1 saturated heterocycles. The Morgan fingerprint density at radius 1 is 1.24 bits per heavy atom. The van der Waals surface area contributed by atoms with Crippen LogP contribution in [0.15, 0.2) is 36.8 Å². The molecule has 0 radical (unpaired) electrons. The van der Waals surface area contributed by atoms with Crippen LogP contribution in [0, 0.1) is 0 Å². The number of imidazole rings is 1. The Morgan fingerprint density at radius 2 is 2.12 bits per heavy atom. The Morgan fingerprint density at radius 3 is 2.88 bits per heavy atom. The summed E-state index contributed by atoms with van der Waals surface area (Å²) in [6, 6.07) is 6.41. The van der Waals surface area contributed by atoms with Gasteiger partial charge in [-0.25, -0.2) is 15.0 Å². The van der Waals surface area contributed by atoms with Gasteiger partial charge in [-0.2, -0.15) is 0 Å². The fourth-order valence-electron chi connectivity index (χ4n) is 2.81. The molecular weight excluding hydrogens is 316 g/mol. The molecule has 1 fully saturated rings. The van der Waals surface area contributed by atoms with E-state index in [1.165, 1.54) is 0 Å². The van der Waals surface area contributed by atoms with Crippen molar-refractivity contribution in [1.82, 2.24) is 24.7 Å². The maximum atomic E-state index is 5.20. The van der Waals surface area contributed by atoms with Crippen molar-refractivity contribution >= 4 is 11.5 Å². The highest BCUT2D eigenvalue weighted by molar-refractivity contribution is 5.61. The molecule has 1 aliphatic rings. The highest BCUT2D eigenvalue weighted by Crippen LogP contribution is 2.22. The molecule has 4 heterocycles. The van der Waals surface area contributed by atoms with E-state index in [1.54, 1.807) is 19.5 Å². The van der Waals surface area contributed by atoms with Crippen molar-refractivity contribution in [3.63, 3.8) is 0 Å². The Balaban J connectivity index is 0.000000880. The van der Waals surface area contributed by atoms with Gasteiger partial charge in [0, 0.05) is 12.6 Å². The number of nitrogens with one attached hydrogen (secondary N) is 2. The Kier molecular flexibility index (Phi) is 5.45. The number of pyridine rings is 1. The third kappa shape index (κ3) is 3.71. The Labute approximate surface area is 147 Å². The topological polar surface area (TPSA) is 76.4 Å². The molecule has 1 atom stereocenters. The molecule has 2 N–H and O–H groups in total. The normalized spacial score (nSPS) is 16.4. The summed E-state index contributed by atoms with van der Waals surface area (Å²) in [5.41, 5.74) is 2.54.